The number of nitrogens with one attached hydrogen (secondary N) is 1. The molecule has 7 heteroatoms. The number of fused-ring (bicyclic) bond motifs is 2. The molecule has 1 aliphatic heterocycles. The summed E-state index contributed by atoms with van der Waals surface area (Å²) < 4.78 is 1.13. The van der Waals surface area contributed by atoms with Crippen LogP contribution in [0, 0.1) is 11.8 Å². The lowest BCUT2D eigenvalue weighted by molar-refractivity contribution is -0.143. The molecule has 6 nitrogen and oxygen atoms in total. The molecule has 0 bridgehead atoms. The first-order chi connectivity index (χ1) is 13.0. The van der Waals surface area contributed by atoms with Gasteiger partial charge >= 0.3 is 0 Å². The summed E-state index contributed by atoms with van der Waals surface area (Å²) in [6.45, 7) is 2.28. The van der Waals surface area contributed by atoms with E-state index in [0.717, 1.165) is 40.9 Å². The third kappa shape index (κ3) is 3.48. The molecule has 3 atom stereocenters. The van der Waals surface area contributed by atoms with Crippen LogP contribution >= 0.6 is 11.3 Å². The zero-order chi connectivity index (χ0) is 19.0. The van der Waals surface area contributed by atoms with Gasteiger partial charge in [0.15, 0.2) is 0 Å². The van der Waals surface area contributed by atoms with Crippen molar-refractivity contribution in [1.82, 2.24) is 15.2 Å². The van der Waals surface area contributed by atoms with Crippen LogP contribution in [0.3, 0.4) is 0 Å². The highest BCUT2D eigenvalue weighted by Gasteiger charge is 2.48. The van der Waals surface area contributed by atoms with Crippen molar-refractivity contribution in [1.29, 1.82) is 0 Å². The maximum absolute atomic E-state index is 12.5. The molecule has 2 aromatic rings. The fourth-order valence-electron chi connectivity index (χ4n) is 4.04. The average Bonchev–Trinajstić information content (AvgIpc) is 3.22. The Morgan fingerprint density at radius 2 is 1.89 bits per heavy atom. The number of carbonyl (C=O) groups excluding carboxylic acids is 3. The molecule has 1 aromatic carbocycles. The lowest BCUT2D eigenvalue weighted by atomic mass is 9.81. The van der Waals surface area contributed by atoms with Gasteiger partial charge in [-0.15, -0.1) is 11.3 Å². The zero-order valence-corrected chi connectivity index (χ0v) is 16.1. The second-order valence-corrected chi connectivity index (χ2v) is 8.55. The Morgan fingerprint density at radius 3 is 2.56 bits per heavy atom. The van der Waals surface area contributed by atoms with Crippen molar-refractivity contribution in [3.63, 3.8) is 0 Å². The van der Waals surface area contributed by atoms with Gasteiger partial charge in [0.2, 0.25) is 17.7 Å². The van der Waals surface area contributed by atoms with E-state index in [1.54, 1.807) is 11.3 Å². The van der Waals surface area contributed by atoms with Gasteiger partial charge in [-0.3, -0.25) is 19.3 Å². The number of amides is 3. The Bertz CT molecular complexity index is 836. The Hall–Kier alpha value is -2.28. The lowest BCUT2D eigenvalue weighted by Crippen LogP contribution is -2.41. The molecular weight excluding hydrogens is 362 g/mol. The predicted molar refractivity (Wildman–Crippen MR) is 103 cm³/mol. The van der Waals surface area contributed by atoms with E-state index in [4.69, 9.17) is 0 Å². The van der Waals surface area contributed by atoms with Crippen molar-refractivity contribution < 1.29 is 14.4 Å². The molecule has 142 valence electrons. The van der Waals surface area contributed by atoms with E-state index >= 15 is 0 Å². The monoisotopic (exact) mass is 385 g/mol. The minimum atomic E-state index is -0.289. The summed E-state index contributed by atoms with van der Waals surface area (Å²) in [7, 11) is 0. The number of imide groups is 1. The summed E-state index contributed by atoms with van der Waals surface area (Å²) in [6.07, 6.45) is 3.50. The second-order valence-electron chi connectivity index (χ2n) is 7.49. The zero-order valence-electron chi connectivity index (χ0n) is 15.3. The molecule has 2 aliphatic rings. The Morgan fingerprint density at radius 1 is 1.22 bits per heavy atom. The molecular formula is C20H23N3O3S. The number of para-hydroxylation sites is 1. The van der Waals surface area contributed by atoms with Gasteiger partial charge < -0.3 is 5.32 Å². The minimum Gasteiger partial charge on any atom is -0.354 e. The number of hydrogen-bond donors (Lipinski definition) is 1. The fourth-order valence-corrected chi connectivity index (χ4v) is 5.06. The van der Waals surface area contributed by atoms with E-state index in [0.29, 0.717) is 6.54 Å². The standard InChI is InChI=1S/C20H23N3O3S/c1-12(18-22-15-8-4-5-9-16(15)27-18)10-21-17(24)11-23-19(25)13-6-2-3-7-14(13)20(23)26/h4-5,8-9,12-14H,2-3,6-7,10-11H2,1H3,(H,21,24). The van der Waals surface area contributed by atoms with Gasteiger partial charge in [-0.2, -0.15) is 0 Å². The second kappa shape index (κ2) is 7.38. The smallest absolute Gasteiger partial charge is 0.240 e. The maximum Gasteiger partial charge on any atom is 0.240 e. The third-order valence-corrected chi connectivity index (χ3v) is 6.84. The molecule has 0 spiro atoms. The van der Waals surface area contributed by atoms with E-state index < -0.39 is 0 Å². The van der Waals surface area contributed by atoms with Gasteiger partial charge in [0.05, 0.1) is 27.1 Å². The topological polar surface area (TPSA) is 79.4 Å². The molecule has 1 aromatic heterocycles. The highest BCUT2D eigenvalue weighted by Crippen LogP contribution is 2.37. The number of rotatable bonds is 5. The summed E-state index contributed by atoms with van der Waals surface area (Å²) in [6, 6.07) is 7.95. The summed E-state index contributed by atoms with van der Waals surface area (Å²) >= 11 is 1.62. The normalized spacial score (nSPS) is 23.5. The first-order valence-corrected chi connectivity index (χ1v) is 10.3. The number of carbonyl (C=O) groups is 3. The van der Waals surface area contributed by atoms with Crippen LogP contribution < -0.4 is 5.32 Å². The van der Waals surface area contributed by atoms with Crippen LogP contribution in [0.15, 0.2) is 24.3 Å². The van der Waals surface area contributed by atoms with Gasteiger partial charge in [-0.25, -0.2) is 4.98 Å². The average molecular weight is 385 g/mol. The molecule has 3 amide bonds. The Balaban J connectivity index is 1.34. The molecule has 0 radical (unpaired) electrons. The summed E-state index contributed by atoms with van der Waals surface area (Å²) in [5.41, 5.74) is 0.964. The maximum atomic E-state index is 12.5. The molecule has 1 aliphatic carbocycles. The van der Waals surface area contributed by atoms with E-state index in [1.165, 1.54) is 4.90 Å². The van der Waals surface area contributed by atoms with Crippen molar-refractivity contribution in [3.8, 4) is 0 Å². The van der Waals surface area contributed by atoms with Crippen LogP contribution in [0.1, 0.15) is 43.5 Å². The SMILES string of the molecule is CC(CNC(=O)CN1C(=O)C2CCCCC2C1=O)c1nc2ccccc2s1. The van der Waals surface area contributed by atoms with Crippen LogP contribution in [0.4, 0.5) is 0 Å². The van der Waals surface area contributed by atoms with Crippen molar-refractivity contribution in [2.24, 2.45) is 11.8 Å². The first-order valence-electron chi connectivity index (χ1n) is 9.52. The highest BCUT2D eigenvalue weighted by molar-refractivity contribution is 7.18. The van der Waals surface area contributed by atoms with E-state index in [-0.39, 0.29) is 42.0 Å². The van der Waals surface area contributed by atoms with Gasteiger partial charge in [0.25, 0.3) is 0 Å². The van der Waals surface area contributed by atoms with Gasteiger partial charge in [-0.05, 0) is 25.0 Å². The van der Waals surface area contributed by atoms with E-state index in [2.05, 4.69) is 10.3 Å². The van der Waals surface area contributed by atoms with Gasteiger partial charge in [0.1, 0.15) is 6.54 Å². The molecule has 1 saturated carbocycles. The molecule has 1 saturated heterocycles. The van der Waals surface area contributed by atoms with Crippen molar-refractivity contribution in [2.45, 2.75) is 38.5 Å². The van der Waals surface area contributed by atoms with Crippen LogP contribution in [-0.2, 0) is 14.4 Å². The van der Waals surface area contributed by atoms with Crippen molar-refractivity contribution in [2.75, 3.05) is 13.1 Å². The summed E-state index contributed by atoms with van der Waals surface area (Å²) in [5, 5.41) is 3.82. The fraction of sp³-hybridized carbons (Fsp3) is 0.500. The quantitative estimate of drug-likeness (QED) is 0.803. The van der Waals surface area contributed by atoms with Crippen LogP contribution in [0.5, 0.6) is 0 Å². The summed E-state index contributed by atoms with van der Waals surface area (Å²) in [5.74, 6) is -0.971. The van der Waals surface area contributed by atoms with Crippen molar-refractivity contribution in [3.05, 3.63) is 29.3 Å². The number of nitrogens with zero attached hydrogens (tertiary/aromatic N) is 2. The number of thiazole rings is 1. The number of likely N-dealkylation sites (tertiary alicyclic amines) is 1. The van der Waals surface area contributed by atoms with Crippen molar-refractivity contribution >= 4 is 39.3 Å². The van der Waals surface area contributed by atoms with Crippen LogP contribution in [0.25, 0.3) is 10.2 Å². The first kappa shape index (κ1) is 18.1. The van der Waals surface area contributed by atoms with Crippen LogP contribution in [0.2, 0.25) is 0 Å². The van der Waals surface area contributed by atoms with Crippen LogP contribution in [-0.4, -0.2) is 40.7 Å². The molecule has 4 rings (SSSR count). The largest absolute Gasteiger partial charge is 0.354 e. The molecule has 3 unspecified atom stereocenters. The molecule has 2 heterocycles. The lowest BCUT2D eigenvalue weighted by Gasteiger charge is -2.19. The van der Waals surface area contributed by atoms with Gasteiger partial charge in [0, 0.05) is 12.5 Å². The number of benzene rings is 1. The molecule has 2 fully saturated rings. The highest BCUT2D eigenvalue weighted by atomic mass is 32.1. The third-order valence-electron chi connectivity index (χ3n) is 5.57. The Labute approximate surface area is 161 Å². The predicted octanol–water partition coefficient (Wildman–Crippen LogP) is 2.69. The number of aromatic nitrogens is 1. The van der Waals surface area contributed by atoms with E-state index in [9.17, 15) is 14.4 Å². The van der Waals surface area contributed by atoms with Gasteiger partial charge in [-0.1, -0.05) is 31.9 Å². The molecule has 27 heavy (non-hydrogen) atoms. The Kier molecular flexibility index (Phi) is 4.95. The summed E-state index contributed by atoms with van der Waals surface area (Å²) in [4.78, 5) is 43.0. The number of hydrogen-bond acceptors (Lipinski definition) is 5. The minimum absolute atomic E-state index is 0.0684. The molecule has 1 N–H and O–H groups in total. The van der Waals surface area contributed by atoms with E-state index in [1.807, 2.05) is 31.2 Å².